The van der Waals surface area contributed by atoms with Crippen LogP contribution in [-0.2, 0) is 37.6 Å². The van der Waals surface area contributed by atoms with Gasteiger partial charge in [0.05, 0.1) is 6.61 Å². The van der Waals surface area contributed by atoms with Gasteiger partial charge in [0.1, 0.15) is 6.61 Å². The van der Waals surface area contributed by atoms with E-state index in [1.807, 2.05) is 61.5 Å². The van der Waals surface area contributed by atoms with Gasteiger partial charge in [-0.15, -0.1) is 5.06 Å². The summed E-state index contributed by atoms with van der Waals surface area (Å²) in [6.45, 7) is 0.381. The van der Waals surface area contributed by atoms with Gasteiger partial charge in [-0.3, -0.25) is 18.6 Å². The lowest BCUT2D eigenvalue weighted by atomic mass is 9.89. The zero-order chi connectivity index (χ0) is 26.8. The normalized spacial score (nSPS) is 15.7. The van der Waals surface area contributed by atoms with Crippen LogP contribution < -0.4 is 5.32 Å². The van der Waals surface area contributed by atoms with Gasteiger partial charge < -0.3 is 19.8 Å². The van der Waals surface area contributed by atoms with E-state index < -0.39 is 44.9 Å². The molecule has 0 bridgehead atoms. The van der Waals surface area contributed by atoms with Gasteiger partial charge >= 0.3 is 19.9 Å². The number of alkyl carbamates (subject to hydrolysis) is 1. The summed E-state index contributed by atoms with van der Waals surface area (Å²) in [5.41, 5.74) is 3.04. The number of hydroxylamine groups is 2. The van der Waals surface area contributed by atoms with E-state index in [-0.39, 0.29) is 37.0 Å². The summed E-state index contributed by atoms with van der Waals surface area (Å²) in [6.07, 6.45) is -0.943. The van der Waals surface area contributed by atoms with Crippen molar-refractivity contribution in [3.63, 3.8) is 0 Å². The second-order valence-electron chi connectivity index (χ2n) is 7.97. The van der Waals surface area contributed by atoms with Crippen molar-refractivity contribution in [1.29, 1.82) is 0 Å². The average Bonchev–Trinajstić information content (AvgIpc) is 3.19. The maximum Gasteiger partial charge on any atom is 0.472 e. The third kappa shape index (κ3) is 8.50. The van der Waals surface area contributed by atoms with Crippen molar-refractivity contribution < 1.29 is 47.3 Å². The molecular weight excluding hydrogens is 507 g/mol. The first-order valence-electron chi connectivity index (χ1n) is 11.4. The van der Waals surface area contributed by atoms with Crippen LogP contribution in [-0.4, -0.2) is 60.2 Å². The molecule has 1 saturated heterocycles. The molecule has 2 unspecified atom stereocenters. The molecule has 0 aliphatic carbocycles. The summed E-state index contributed by atoms with van der Waals surface area (Å²) in [7, 11) is -4.68. The van der Waals surface area contributed by atoms with E-state index in [1.165, 1.54) is 0 Å². The minimum absolute atomic E-state index is 0.0628. The molecule has 1 aliphatic rings. The van der Waals surface area contributed by atoms with Crippen molar-refractivity contribution >= 4 is 31.7 Å². The standard InChI is InChI=1S/C24H27N2O10P/c1-17-7-5-6-10-19(17)20(18-8-3-2-4-9-18)15-33-24(30)25-13-14-34-37(31,32)35-16-23(29)36-26-21(27)11-12-22(26)28/h2-10,20H,11-16H2,1H3,(H,25,30)(H,31,32). The third-order valence-electron chi connectivity index (χ3n) is 5.32. The average molecular weight is 534 g/mol. The number of carbonyl (C=O) groups excluding carboxylic acids is 4. The van der Waals surface area contributed by atoms with Crippen molar-refractivity contribution in [2.75, 3.05) is 26.4 Å². The number of imide groups is 1. The number of nitrogens with one attached hydrogen (secondary N) is 1. The molecule has 2 aromatic carbocycles. The van der Waals surface area contributed by atoms with E-state index in [2.05, 4.69) is 19.2 Å². The largest absolute Gasteiger partial charge is 0.472 e. The summed E-state index contributed by atoms with van der Waals surface area (Å²) in [6, 6.07) is 17.4. The van der Waals surface area contributed by atoms with Crippen molar-refractivity contribution in [3.8, 4) is 0 Å². The fourth-order valence-corrected chi connectivity index (χ4v) is 4.18. The molecule has 1 heterocycles. The van der Waals surface area contributed by atoms with Crippen LogP contribution in [0.1, 0.15) is 35.4 Å². The highest BCUT2D eigenvalue weighted by molar-refractivity contribution is 7.47. The first-order chi connectivity index (χ1) is 17.7. The second-order valence-corrected chi connectivity index (χ2v) is 9.42. The quantitative estimate of drug-likeness (QED) is 0.236. The summed E-state index contributed by atoms with van der Waals surface area (Å²) >= 11 is 0. The molecular formula is C24H27N2O10P. The van der Waals surface area contributed by atoms with E-state index in [0.29, 0.717) is 0 Å². The second kappa shape index (κ2) is 13.1. The zero-order valence-electron chi connectivity index (χ0n) is 20.0. The Balaban J connectivity index is 1.40. The van der Waals surface area contributed by atoms with E-state index in [0.717, 1.165) is 16.7 Å². The van der Waals surface area contributed by atoms with Crippen LogP contribution in [0.5, 0.6) is 0 Å². The Morgan fingerprint density at radius 1 is 1.03 bits per heavy atom. The Morgan fingerprint density at radius 3 is 2.35 bits per heavy atom. The maximum absolute atomic E-state index is 12.2. The van der Waals surface area contributed by atoms with E-state index >= 15 is 0 Å². The molecule has 2 aromatic rings. The Morgan fingerprint density at radius 2 is 1.68 bits per heavy atom. The van der Waals surface area contributed by atoms with E-state index in [1.54, 1.807) is 0 Å². The van der Waals surface area contributed by atoms with E-state index in [9.17, 15) is 28.6 Å². The number of amides is 3. The zero-order valence-corrected chi connectivity index (χ0v) is 20.9. The summed E-state index contributed by atoms with van der Waals surface area (Å²) in [5, 5.41) is 2.69. The Kier molecular flexibility index (Phi) is 9.93. The van der Waals surface area contributed by atoms with Crippen molar-refractivity contribution in [2.24, 2.45) is 0 Å². The number of benzene rings is 2. The van der Waals surface area contributed by atoms with Gasteiger partial charge in [0, 0.05) is 25.3 Å². The van der Waals surface area contributed by atoms with Gasteiger partial charge in [-0.1, -0.05) is 54.6 Å². The number of ether oxygens (including phenoxy) is 1. The molecule has 12 nitrogen and oxygen atoms in total. The Labute approximate surface area is 213 Å². The molecule has 2 N–H and O–H groups in total. The molecule has 0 aromatic heterocycles. The van der Waals surface area contributed by atoms with Gasteiger partial charge in [0.2, 0.25) is 0 Å². The van der Waals surface area contributed by atoms with Gasteiger partial charge in [-0.25, -0.2) is 14.2 Å². The SMILES string of the molecule is Cc1ccccc1C(COC(=O)NCCOP(=O)(O)OCC(=O)ON1C(=O)CCC1=O)c1ccccc1. The topological polar surface area (TPSA) is 158 Å². The number of nitrogens with zero attached hydrogens (tertiary/aromatic N) is 1. The maximum atomic E-state index is 12.2. The van der Waals surface area contributed by atoms with Crippen LogP contribution in [0.2, 0.25) is 0 Å². The molecule has 0 saturated carbocycles. The number of hydrogen-bond acceptors (Lipinski definition) is 9. The highest BCUT2D eigenvalue weighted by Crippen LogP contribution is 2.42. The van der Waals surface area contributed by atoms with Crippen LogP contribution >= 0.6 is 7.82 Å². The molecule has 0 radical (unpaired) electrons. The fourth-order valence-electron chi connectivity index (χ4n) is 3.51. The predicted molar refractivity (Wildman–Crippen MR) is 128 cm³/mol. The van der Waals surface area contributed by atoms with Gasteiger partial charge in [-0.05, 0) is 23.6 Å². The van der Waals surface area contributed by atoms with Crippen LogP contribution in [0.15, 0.2) is 54.6 Å². The lowest BCUT2D eigenvalue weighted by Crippen LogP contribution is -2.33. The molecule has 198 valence electrons. The smallest absolute Gasteiger partial charge is 0.449 e. The molecule has 1 fully saturated rings. The number of aryl methyl sites for hydroxylation is 1. The molecule has 2 atom stereocenters. The predicted octanol–water partition coefficient (Wildman–Crippen LogP) is 2.59. The first-order valence-corrected chi connectivity index (χ1v) is 12.9. The summed E-state index contributed by atoms with van der Waals surface area (Å²) < 4.78 is 26.4. The molecule has 3 amide bonds. The Hall–Kier alpha value is -3.57. The van der Waals surface area contributed by atoms with Crippen LogP contribution in [0.25, 0.3) is 0 Å². The minimum Gasteiger partial charge on any atom is -0.449 e. The summed E-state index contributed by atoms with van der Waals surface area (Å²) in [4.78, 5) is 60.8. The number of carbonyl (C=O) groups is 4. The number of phosphoric acid groups is 1. The van der Waals surface area contributed by atoms with Crippen molar-refractivity contribution in [2.45, 2.75) is 25.7 Å². The lowest BCUT2D eigenvalue weighted by molar-refractivity contribution is -0.199. The minimum atomic E-state index is -4.68. The fraction of sp³-hybridized carbons (Fsp3) is 0.333. The molecule has 13 heteroatoms. The molecule has 37 heavy (non-hydrogen) atoms. The molecule has 3 rings (SSSR count). The molecule has 0 spiro atoms. The van der Waals surface area contributed by atoms with E-state index in [4.69, 9.17) is 4.74 Å². The highest BCUT2D eigenvalue weighted by atomic mass is 31.2. The lowest BCUT2D eigenvalue weighted by Gasteiger charge is -2.20. The number of rotatable bonds is 12. The van der Waals surface area contributed by atoms with Gasteiger partial charge in [0.15, 0.2) is 6.61 Å². The number of hydrogen-bond donors (Lipinski definition) is 2. The van der Waals surface area contributed by atoms with Gasteiger partial charge in [0.25, 0.3) is 11.8 Å². The monoisotopic (exact) mass is 534 g/mol. The molecule has 1 aliphatic heterocycles. The van der Waals surface area contributed by atoms with Crippen molar-refractivity contribution in [1.82, 2.24) is 10.4 Å². The third-order valence-corrected chi connectivity index (χ3v) is 6.28. The highest BCUT2D eigenvalue weighted by Gasteiger charge is 2.33. The first kappa shape index (κ1) is 28.0. The van der Waals surface area contributed by atoms with Crippen molar-refractivity contribution in [3.05, 3.63) is 71.3 Å². The van der Waals surface area contributed by atoms with Crippen LogP contribution in [0.3, 0.4) is 0 Å². The van der Waals surface area contributed by atoms with Gasteiger partial charge in [-0.2, -0.15) is 0 Å². The Bertz CT molecular complexity index is 1160. The summed E-state index contributed by atoms with van der Waals surface area (Å²) in [5.74, 6) is -2.83. The van der Waals surface area contributed by atoms with Crippen LogP contribution in [0.4, 0.5) is 4.79 Å². The van der Waals surface area contributed by atoms with Crippen LogP contribution in [0, 0.1) is 6.92 Å². The number of phosphoric ester groups is 1.